The van der Waals surface area contributed by atoms with Crippen molar-refractivity contribution in [3.8, 4) is 5.75 Å². The van der Waals surface area contributed by atoms with Crippen molar-refractivity contribution in [2.75, 3.05) is 56.7 Å². The van der Waals surface area contributed by atoms with Gasteiger partial charge in [0.2, 0.25) is 0 Å². The maximum Gasteiger partial charge on any atom is 0.122 e. The summed E-state index contributed by atoms with van der Waals surface area (Å²) in [5.41, 5.74) is 5.88. The summed E-state index contributed by atoms with van der Waals surface area (Å²) in [5.74, 6) is 1.69. The zero-order valence-corrected chi connectivity index (χ0v) is 17.1. The fourth-order valence-electron chi connectivity index (χ4n) is 5.58. The lowest BCUT2D eigenvalue weighted by Crippen LogP contribution is -2.49. The Balaban J connectivity index is 1.26. The molecule has 3 aliphatic rings. The second-order valence-electron chi connectivity index (χ2n) is 8.51. The molecular formula is C24H31N3O. The summed E-state index contributed by atoms with van der Waals surface area (Å²) in [4.78, 5) is 7.84. The van der Waals surface area contributed by atoms with Gasteiger partial charge in [-0.25, -0.2) is 0 Å². The van der Waals surface area contributed by atoms with Crippen LogP contribution in [0.2, 0.25) is 0 Å². The van der Waals surface area contributed by atoms with E-state index in [0.29, 0.717) is 12.0 Å². The Kier molecular flexibility index (Phi) is 4.67. The monoisotopic (exact) mass is 377 g/mol. The van der Waals surface area contributed by atoms with Crippen LogP contribution in [-0.2, 0) is 6.42 Å². The molecule has 2 atom stereocenters. The van der Waals surface area contributed by atoms with Crippen LogP contribution in [0, 0.1) is 0 Å². The van der Waals surface area contributed by atoms with Crippen molar-refractivity contribution in [2.24, 2.45) is 0 Å². The van der Waals surface area contributed by atoms with E-state index in [1.54, 1.807) is 12.7 Å². The van der Waals surface area contributed by atoms with Crippen LogP contribution >= 0.6 is 0 Å². The van der Waals surface area contributed by atoms with Crippen molar-refractivity contribution >= 4 is 11.4 Å². The highest BCUT2D eigenvalue weighted by Crippen LogP contribution is 2.50. The Labute approximate surface area is 168 Å². The van der Waals surface area contributed by atoms with E-state index in [1.807, 2.05) is 0 Å². The van der Waals surface area contributed by atoms with Crippen molar-refractivity contribution in [1.82, 2.24) is 4.90 Å². The Morgan fingerprint density at radius 1 is 1.04 bits per heavy atom. The lowest BCUT2D eigenvalue weighted by Gasteiger charge is -2.41. The van der Waals surface area contributed by atoms with Gasteiger partial charge >= 0.3 is 0 Å². The van der Waals surface area contributed by atoms with Gasteiger partial charge in [-0.15, -0.1) is 0 Å². The molecule has 148 valence electrons. The summed E-state index contributed by atoms with van der Waals surface area (Å²) in [5, 5.41) is 0. The van der Waals surface area contributed by atoms with Crippen molar-refractivity contribution in [3.63, 3.8) is 0 Å². The van der Waals surface area contributed by atoms with Gasteiger partial charge in [-0.2, -0.15) is 0 Å². The lowest BCUT2D eigenvalue weighted by molar-refractivity contribution is 0.191. The summed E-state index contributed by atoms with van der Waals surface area (Å²) >= 11 is 0. The zero-order valence-electron chi connectivity index (χ0n) is 17.1. The number of para-hydroxylation sites is 2. The molecule has 2 unspecified atom stereocenters. The zero-order chi connectivity index (χ0) is 19.1. The van der Waals surface area contributed by atoms with Gasteiger partial charge in [0.1, 0.15) is 5.75 Å². The normalized spacial score (nSPS) is 23.5. The molecule has 4 heteroatoms. The molecule has 0 aliphatic carbocycles. The fourth-order valence-corrected chi connectivity index (χ4v) is 5.58. The van der Waals surface area contributed by atoms with Crippen LogP contribution in [0.3, 0.4) is 0 Å². The van der Waals surface area contributed by atoms with Crippen molar-refractivity contribution in [2.45, 2.75) is 31.2 Å². The number of aryl methyl sites for hydroxylation is 1. The number of piperidine rings is 1. The van der Waals surface area contributed by atoms with E-state index >= 15 is 0 Å². The molecule has 0 amide bonds. The van der Waals surface area contributed by atoms with Crippen LogP contribution in [0.1, 0.15) is 29.9 Å². The maximum atomic E-state index is 5.51. The molecule has 0 bridgehead atoms. The van der Waals surface area contributed by atoms with Crippen LogP contribution in [0.25, 0.3) is 0 Å². The minimum Gasteiger partial charge on any atom is -0.496 e. The third-order valence-electron chi connectivity index (χ3n) is 6.99. The second kappa shape index (κ2) is 7.32. The molecular weight excluding hydrogens is 346 g/mol. The smallest absolute Gasteiger partial charge is 0.122 e. The Bertz CT molecular complexity index is 851. The van der Waals surface area contributed by atoms with Gasteiger partial charge in [-0.1, -0.05) is 30.3 Å². The highest BCUT2D eigenvalue weighted by Gasteiger charge is 2.44. The molecule has 3 heterocycles. The minimum atomic E-state index is 0.668. The molecule has 3 aliphatic heterocycles. The predicted octanol–water partition coefficient (Wildman–Crippen LogP) is 3.76. The summed E-state index contributed by atoms with van der Waals surface area (Å²) in [7, 11) is 4.00. The van der Waals surface area contributed by atoms with Crippen molar-refractivity contribution in [3.05, 3.63) is 53.6 Å². The number of rotatable bonds is 5. The number of likely N-dealkylation sites (tertiary alicyclic amines) is 1. The first-order valence-electron chi connectivity index (χ1n) is 10.7. The van der Waals surface area contributed by atoms with E-state index in [4.69, 9.17) is 4.74 Å². The van der Waals surface area contributed by atoms with E-state index in [2.05, 4.69) is 64.2 Å². The SMILES string of the molecule is COc1ccccc1CCCN1CCC2C(C1)c1cccc3c1N2CCN3C. The summed E-state index contributed by atoms with van der Waals surface area (Å²) in [6.45, 7) is 5.92. The lowest BCUT2D eigenvalue weighted by atomic mass is 9.89. The first kappa shape index (κ1) is 17.9. The molecule has 0 saturated carbocycles. The number of hydrogen-bond acceptors (Lipinski definition) is 4. The number of nitrogens with zero attached hydrogens (tertiary/aromatic N) is 3. The number of methoxy groups -OCH3 is 1. The topological polar surface area (TPSA) is 19.0 Å². The first-order chi connectivity index (χ1) is 13.8. The molecule has 0 N–H and O–H groups in total. The van der Waals surface area contributed by atoms with Crippen molar-refractivity contribution in [1.29, 1.82) is 0 Å². The van der Waals surface area contributed by atoms with E-state index in [9.17, 15) is 0 Å². The fraction of sp³-hybridized carbons (Fsp3) is 0.500. The number of ether oxygens (including phenoxy) is 1. The molecule has 4 nitrogen and oxygen atoms in total. The summed E-state index contributed by atoms with van der Waals surface area (Å²) < 4.78 is 5.51. The van der Waals surface area contributed by atoms with E-state index < -0.39 is 0 Å². The van der Waals surface area contributed by atoms with Gasteiger partial charge in [0.05, 0.1) is 18.5 Å². The molecule has 2 aromatic carbocycles. The average Bonchev–Trinajstić information content (AvgIpc) is 3.05. The van der Waals surface area contributed by atoms with Gasteiger partial charge < -0.3 is 19.4 Å². The van der Waals surface area contributed by atoms with Crippen LogP contribution < -0.4 is 14.5 Å². The molecule has 0 spiro atoms. The number of fused-ring (bicyclic) bond motifs is 3. The quantitative estimate of drug-likeness (QED) is 0.790. The molecule has 1 saturated heterocycles. The summed E-state index contributed by atoms with van der Waals surface area (Å²) in [6, 6.07) is 16.1. The number of likely N-dealkylation sites (N-methyl/N-ethyl adjacent to an activating group) is 1. The van der Waals surface area contributed by atoms with Crippen molar-refractivity contribution < 1.29 is 4.74 Å². The highest BCUT2D eigenvalue weighted by atomic mass is 16.5. The third-order valence-corrected chi connectivity index (χ3v) is 6.99. The highest BCUT2D eigenvalue weighted by molar-refractivity contribution is 5.80. The number of anilines is 2. The Hall–Kier alpha value is -2.20. The number of benzene rings is 2. The molecule has 0 aromatic heterocycles. The van der Waals surface area contributed by atoms with Crippen LogP contribution in [0.5, 0.6) is 5.75 Å². The predicted molar refractivity (Wildman–Crippen MR) is 116 cm³/mol. The molecule has 28 heavy (non-hydrogen) atoms. The molecule has 0 radical (unpaired) electrons. The second-order valence-corrected chi connectivity index (χ2v) is 8.51. The number of hydrogen-bond donors (Lipinski definition) is 0. The van der Waals surface area contributed by atoms with Gasteiger partial charge in [0.25, 0.3) is 0 Å². The van der Waals surface area contributed by atoms with Crippen LogP contribution in [0.15, 0.2) is 42.5 Å². The third kappa shape index (κ3) is 2.95. The molecule has 2 aromatic rings. The average molecular weight is 378 g/mol. The van der Waals surface area contributed by atoms with Gasteiger partial charge in [-0.3, -0.25) is 0 Å². The summed E-state index contributed by atoms with van der Waals surface area (Å²) in [6.07, 6.45) is 3.57. The largest absolute Gasteiger partial charge is 0.496 e. The van der Waals surface area contributed by atoms with Gasteiger partial charge in [0.15, 0.2) is 0 Å². The van der Waals surface area contributed by atoms with E-state index in [-0.39, 0.29) is 0 Å². The first-order valence-corrected chi connectivity index (χ1v) is 10.7. The Morgan fingerprint density at radius 3 is 2.82 bits per heavy atom. The maximum absolute atomic E-state index is 5.51. The van der Waals surface area contributed by atoms with Gasteiger partial charge in [0, 0.05) is 45.2 Å². The van der Waals surface area contributed by atoms with E-state index in [1.165, 1.54) is 56.0 Å². The Morgan fingerprint density at radius 2 is 1.93 bits per heavy atom. The molecule has 5 rings (SSSR count). The van der Waals surface area contributed by atoms with Gasteiger partial charge in [-0.05, 0) is 49.1 Å². The van der Waals surface area contributed by atoms with E-state index in [0.717, 1.165) is 18.7 Å². The minimum absolute atomic E-state index is 0.668. The standard InChI is InChI=1S/C24H31N3O/c1-25-15-16-27-21-12-14-26(13-6-8-18-7-3-4-11-23(18)28-2)17-20(21)19-9-5-10-22(25)24(19)27/h3-5,7,9-11,20-21H,6,8,12-17H2,1-2H3. The van der Waals surface area contributed by atoms with Crippen LogP contribution in [-0.4, -0.2) is 57.8 Å². The molecule has 1 fully saturated rings. The van der Waals surface area contributed by atoms with Crippen LogP contribution in [0.4, 0.5) is 11.4 Å².